The lowest BCUT2D eigenvalue weighted by Gasteiger charge is -2.15. The summed E-state index contributed by atoms with van der Waals surface area (Å²) in [5.74, 6) is 2.09. The molecule has 5 heteroatoms. The van der Waals surface area contributed by atoms with Crippen LogP contribution in [0.2, 0.25) is 0 Å². The van der Waals surface area contributed by atoms with Crippen molar-refractivity contribution in [2.24, 2.45) is 0 Å². The first-order valence-corrected chi connectivity index (χ1v) is 5.15. The Kier molecular flexibility index (Phi) is 3.33. The van der Waals surface area contributed by atoms with Crippen molar-refractivity contribution in [2.75, 3.05) is 0 Å². The quantitative estimate of drug-likeness (QED) is 0.774. The first-order valence-electron chi connectivity index (χ1n) is 4.16. The highest BCUT2D eigenvalue weighted by molar-refractivity contribution is 7.99. The van der Waals surface area contributed by atoms with Gasteiger partial charge in [0.25, 0.3) is 0 Å². The van der Waals surface area contributed by atoms with Crippen LogP contribution >= 0.6 is 11.8 Å². The maximum absolute atomic E-state index is 8.73. The topological polar surface area (TPSA) is 61.8 Å². The molecule has 0 fully saturated rings. The summed E-state index contributed by atoms with van der Waals surface area (Å²) >= 11 is 1.80. The molecule has 1 rings (SSSR count). The van der Waals surface area contributed by atoms with Gasteiger partial charge in [0.1, 0.15) is 12.4 Å². The molecule has 0 aliphatic carbocycles. The van der Waals surface area contributed by atoms with Gasteiger partial charge >= 0.3 is 0 Å². The van der Waals surface area contributed by atoms with Crippen molar-refractivity contribution in [3.63, 3.8) is 0 Å². The number of aromatic nitrogens is 3. The van der Waals surface area contributed by atoms with Crippen molar-refractivity contribution >= 4 is 11.8 Å². The van der Waals surface area contributed by atoms with Gasteiger partial charge in [-0.1, -0.05) is 20.8 Å². The van der Waals surface area contributed by atoms with Crippen molar-refractivity contribution in [1.29, 1.82) is 0 Å². The summed E-state index contributed by atoms with van der Waals surface area (Å²) in [6.45, 7) is 6.36. The second-order valence-electron chi connectivity index (χ2n) is 3.76. The van der Waals surface area contributed by atoms with Crippen molar-refractivity contribution in [1.82, 2.24) is 15.2 Å². The summed E-state index contributed by atoms with van der Waals surface area (Å²) in [4.78, 5) is 4.09. The standard InChI is InChI=1S/C8H15N3OS/c1-8(2,3)13-5-7-9-6(4-12)10-11-7/h12H,4-5H2,1-3H3,(H,9,10,11). The maximum Gasteiger partial charge on any atom is 0.176 e. The number of aliphatic hydroxyl groups excluding tert-OH is 1. The van der Waals surface area contributed by atoms with Gasteiger partial charge in [0.15, 0.2) is 5.82 Å². The van der Waals surface area contributed by atoms with Gasteiger partial charge in [0.2, 0.25) is 0 Å². The van der Waals surface area contributed by atoms with E-state index >= 15 is 0 Å². The molecule has 0 aromatic carbocycles. The van der Waals surface area contributed by atoms with Gasteiger partial charge in [-0.3, -0.25) is 5.10 Å². The van der Waals surface area contributed by atoms with Gasteiger partial charge in [-0.15, -0.1) is 11.8 Å². The molecule has 2 N–H and O–H groups in total. The molecule has 1 aromatic heterocycles. The molecule has 0 radical (unpaired) electrons. The Morgan fingerprint density at radius 3 is 2.62 bits per heavy atom. The number of aliphatic hydroxyl groups is 1. The Balaban J connectivity index is 2.46. The Morgan fingerprint density at radius 2 is 2.15 bits per heavy atom. The highest BCUT2D eigenvalue weighted by atomic mass is 32.2. The van der Waals surface area contributed by atoms with Crippen molar-refractivity contribution in [3.8, 4) is 0 Å². The summed E-state index contributed by atoms with van der Waals surface area (Å²) in [6.07, 6.45) is 0. The van der Waals surface area contributed by atoms with Crippen LogP contribution in [0, 0.1) is 0 Å². The third-order valence-corrected chi connectivity index (χ3v) is 2.65. The van der Waals surface area contributed by atoms with E-state index in [2.05, 4.69) is 36.0 Å². The molecule has 0 amide bonds. The van der Waals surface area contributed by atoms with E-state index in [-0.39, 0.29) is 11.4 Å². The molecule has 0 unspecified atom stereocenters. The van der Waals surface area contributed by atoms with E-state index in [1.165, 1.54) is 0 Å². The molecule has 0 saturated carbocycles. The van der Waals surface area contributed by atoms with Crippen molar-refractivity contribution < 1.29 is 5.11 Å². The molecule has 74 valence electrons. The molecule has 0 bridgehead atoms. The van der Waals surface area contributed by atoms with Crippen LogP contribution in [0.1, 0.15) is 32.4 Å². The van der Waals surface area contributed by atoms with E-state index in [1.54, 1.807) is 11.8 Å². The molecule has 0 aliphatic heterocycles. The lowest BCUT2D eigenvalue weighted by molar-refractivity contribution is 0.272. The van der Waals surface area contributed by atoms with Gasteiger partial charge < -0.3 is 5.11 Å². The van der Waals surface area contributed by atoms with Crippen LogP contribution in [0.5, 0.6) is 0 Å². The predicted octanol–water partition coefficient (Wildman–Crippen LogP) is 1.33. The van der Waals surface area contributed by atoms with E-state index in [0.29, 0.717) is 5.82 Å². The number of nitrogens with one attached hydrogen (secondary N) is 1. The van der Waals surface area contributed by atoms with E-state index in [4.69, 9.17) is 5.11 Å². The van der Waals surface area contributed by atoms with Gasteiger partial charge in [-0.25, -0.2) is 4.98 Å². The number of hydrogen-bond acceptors (Lipinski definition) is 4. The smallest absolute Gasteiger partial charge is 0.176 e. The Bertz CT molecular complexity index is 267. The number of rotatable bonds is 3. The molecule has 0 spiro atoms. The monoisotopic (exact) mass is 201 g/mol. The predicted molar refractivity (Wildman–Crippen MR) is 53.4 cm³/mol. The Hall–Kier alpha value is -0.550. The fourth-order valence-corrected chi connectivity index (χ4v) is 1.45. The number of thioether (sulfide) groups is 1. The molecule has 0 aliphatic rings. The van der Waals surface area contributed by atoms with E-state index in [0.717, 1.165) is 11.6 Å². The number of H-pyrrole nitrogens is 1. The lowest BCUT2D eigenvalue weighted by atomic mass is 10.3. The number of hydrogen-bond donors (Lipinski definition) is 2. The SMILES string of the molecule is CC(C)(C)SCc1nc(CO)n[nH]1. The first kappa shape index (κ1) is 10.5. The third-order valence-electron chi connectivity index (χ3n) is 1.36. The molecule has 1 heterocycles. The second-order valence-corrected chi connectivity index (χ2v) is 5.56. The van der Waals surface area contributed by atoms with Gasteiger partial charge in [-0.05, 0) is 0 Å². The number of aromatic amines is 1. The van der Waals surface area contributed by atoms with Crippen LogP contribution in [0.4, 0.5) is 0 Å². The fraction of sp³-hybridized carbons (Fsp3) is 0.750. The molecule has 0 saturated heterocycles. The third kappa shape index (κ3) is 3.78. The number of nitrogens with zero attached hydrogens (tertiary/aromatic N) is 2. The molecule has 13 heavy (non-hydrogen) atoms. The van der Waals surface area contributed by atoms with Crippen molar-refractivity contribution in [3.05, 3.63) is 11.6 Å². The highest BCUT2D eigenvalue weighted by Gasteiger charge is 2.12. The summed E-state index contributed by atoms with van der Waals surface area (Å²) in [6, 6.07) is 0. The zero-order valence-corrected chi connectivity index (χ0v) is 8.98. The van der Waals surface area contributed by atoms with E-state index < -0.39 is 0 Å². The zero-order valence-electron chi connectivity index (χ0n) is 8.16. The van der Waals surface area contributed by atoms with E-state index in [1.807, 2.05) is 0 Å². The molecule has 1 aromatic rings. The molecular formula is C8H15N3OS. The second kappa shape index (κ2) is 4.11. The average Bonchev–Trinajstić information content (AvgIpc) is 2.47. The minimum absolute atomic E-state index is 0.101. The van der Waals surface area contributed by atoms with E-state index in [9.17, 15) is 0 Å². The highest BCUT2D eigenvalue weighted by Crippen LogP contribution is 2.25. The van der Waals surface area contributed by atoms with Crippen LogP contribution in [0.3, 0.4) is 0 Å². The largest absolute Gasteiger partial charge is 0.388 e. The summed E-state index contributed by atoms with van der Waals surface area (Å²) in [7, 11) is 0. The minimum atomic E-state index is -0.101. The first-order chi connectivity index (χ1) is 6.01. The Labute approximate surface area is 82.2 Å². The Morgan fingerprint density at radius 1 is 1.46 bits per heavy atom. The van der Waals surface area contributed by atoms with Gasteiger partial charge in [-0.2, -0.15) is 5.10 Å². The van der Waals surface area contributed by atoms with Crippen LogP contribution in [0.15, 0.2) is 0 Å². The van der Waals surface area contributed by atoms with Crippen molar-refractivity contribution in [2.45, 2.75) is 37.9 Å². The zero-order chi connectivity index (χ0) is 9.90. The minimum Gasteiger partial charge on any atom is -0.388 e. The molecule has 0 atom stereocenters. The average molecular weight is 201 g/mol. The fourth-order valence-electron chi connectivity index (χ4n) is 0.755. The molecular weight excluding hydrogens is 186 g/mol. The van der Waals surface area contributed by atoms with Crippen LogP contribution in [-0.2, 0) is 12.4 Å². The van der Waals surface area contributed by atoms with Gasteiger partial charge in [0, 0.05) is 4.75 Å². The summed E-state index contributed by atoms with van der Waals surface area (Å²) in [5, 5.41) is 15.4. The molecule has 4 nitrogen and oxygen atoms in total. The van der Waals surface area contributed by atoms with Crippen LogP contribution in [0.25, 0.3) is 0 Å². The normalized spacial score (nSPS) is 12.0. The van der Waals surface area contributed by atoms with Crippen LogP contribution < -0.4 is 0 Å². The summed E-state index contributed by atoms with van der Waals surface area (Å²) < 4.78 is 0.228. The van der Waals surface area contributed by atoms with Gasteiger partial charge in [0.05, 0.1) is 5.75 Å². The summed E-state index contributed by atoms with van der Waals surface area (Å²) in [5.41, 5.74) is 0. The van der Waals surface area contributed by atoms with Crippen LogP contribution in [-0.4, -0.2) is 25.0 Å². The lowest BCUT2D eigenvalue weighted by Crippen LogP contribution is -2.07. The maximum atomic E-state index is 8.73.